The largest absolute Gasteiger partial charge is 0.369 e. The van der Waals surface area contributed by atoms with Crippen molar-refractivity contribution in [2.45, 2.75) is 20.3 Å². The molecule has 1 fully saturated rings. The molecule has 1 saturated heterocycles. The number of aromatic nitrogens is 2. The van der Waals surface area contributed by atoms with Crippen LogP contribution in [0.25, 0.3) is 0 Å². The van der Waals surface area contributed by atoms with E-state index >= 15 is 0 Å². The van der Waals surface area contributed by atoms with Gasteiger partial charge in [-0.05, 0) is 20.9 Å². The number of aryl methyl sites for hydroxylation is 2. The topological polar surface area (TPSA) is 95.3 Å². The van der Waals surface area contributed by atoms with Crippen LogP contribution >= 0.6 is 0 Å². The number of hydrogen-bond acceptors (Lipinski definition) is 4. The summed E-state index contributed by atoms with van der Waals surface area (Å²) in [5, 5.41) is 7.00. The molecule has 0 radical (unpaired) electrons. The first-order valence-electron chi connectivity index (χ1n) is 7.14. The molecule has 1 atom stereocenters. The van der Waals surface area contributed by atoms with Crippen LogP contribution in [-0.2, 0) is 16.0 Å². The lowest BCUT2D eigenvalue weighted by atomic mass is 10.1. The number of aromatic amines is 1. The van der Waals surface area contributed by atoms with Gasteiger partial charge >= 0.3 is 0 Å². The monoisotopic (exact) mass is 293 g/mol. The highest BCUT2D eigenvalue weighted by Gasteiger charge is 2.28. The van der Waals surface area contributed by atoms with E-state index in [0.717, 1.165) is 23.5 Å². The summed E-state index contributed by atoms with van der Waals surface area (Å²) in [7, 11) is 1.94. The lowest BCUT2D eigenvalue weighted by Gasteiger charge is -2.22. The minimum Gasteiger partial charge on any atom is -0.369 e. The second-order valence-electron chi connectivity index (χ2n) is 5.79. The van der Waals surface area contributed by atoms with E-state index in [2.05, 4.69) is 10.2 Å². The lowest BCUT2D eigenvalue weighted by Crippen LogP contribution is -2.41. The average molecular weight is 293 g/mol. The molecule has 3 N–H and O–H groups in total. The Hall–Kier alpha value is -1.89. The van der Waals surface area contributed by atoms with E-state index in [0.29, 0.717) is 26.1 Å². The van der Waals surface area contributed by atoms with E-state index in [1.165, 1.54) is 0 Å². The summed E-state index contributed by atoms with van der Waals surface area (Å²) >= 11 is 0. The van der Waals surface area contributed by atoms with Gasteiger partial charge in [0.15, 0.2) is 0 Å². The first-order chi connectivity index (χ1) is 9.88. The van der Waals surface area contributed by atoms with Gasteiger partial charge in [0, 0.05) is 37.4 Å². The average Bonchev–Trinajstić information content (AvgIpc) is 2.65. The number of H-pyrrole nitrogens is 1. The normalized spacial score (nSPS) is 20.3. The molecule has 0 unspecified atom stereocenters. The van der Waals surface area contributed by atoms with Crippen molar-refractivity contribution in [3.63, 3.8) is 0 Å². The van der Waals surface area contributed by atoms with E-state index in [1.807, 2.05) is 25.8 Å². The van der Waals surface area contributed by atoms with Crippen molar-refractivity contribution in [2.75, 3.05) is 33.2 Å². The molecule has 1 aromatic heterocycles. The maximum absolute atomic E-state index is 12.5. The summed E-state index contributed by atoms with van der Waals surface area (Å²) in [6.07, 6.45) is 0.309. The zero-order chi connectivity index (χ0) is 15.6. The van der Waals surface area contributed by atoms with Gasteiger partial charge in [0.25, 0.3) is 0 Å². The van der Waals surface area contributed by atoms with Crippen LogP contribution in [0.1, 0.15) is 17.0 Å². The predicted molar refractivity (Wildman–Crippen MR) is 78.5 cm³/mol. The van der Waals surface area contributed by atoms with Gasteiger partial charge in [-0.2, -0.15) is 5.10 Å². The highest BCUT2D eigenvalue weighted by atomic mass is 16.2. The van der Waals surface area contributed by atoms with Crippen molar-refractivity contribution < 1.29 is 9.59 Å². The minimum atomic E-state index is -0.350. The van der Waals surface area contributed by atoms with Gasteiger partial charge in [0.1, 0.15) is 0 Å². The highest BCUT2D eigenvalue weighted by Crippen LogP contribution is 2.14. The summed E-state index contributed by atoms with van der Waals surface area (Å²) in [5.41, 5.74) is 8.13. The van der Waals surface area contributed by atoms with Crippen molar-refractivity contribution >= 4 is 11.8 Å². The number of rotatable bonds is 3. The molecule has 1 aromatic rings. The number of nitrogens with one attached hydrogen (secondary N) is 1. The number of nitrogens with two attached hydrogens (primary N) is 1. The van der Waals surface area contributed by atoms with Crippen LogP contribution in [0.3, 0.4) is 0 Å². The number of likely N-dealkylation sites (N-methyl/N-ethyl adjacent to an activating group) is 1. The number of amides is 2. The molecule has 116 valence electrons. The Labute approximate surface area is 124 Å². The van der Waals surface area contributed by atoms with E-state index in [9.17, 15) is 9.59 Å². The Morgan fingerprint density at radius 2 is 2.05 bits per heavy atom. The van der Waals surface area contributed by atoms with Crippen LogP contribution in [0, 0.1) is 19.8 Å². The molecule has 0 aliphatic carbocycles. The van der Waals surface area contributed by atoms with Gasteiger partial charge in [0.05, 0.1) is 18.0 Å². The highest BCUT2D eigenvalue weighted by molar-refractivity contribution is 5.81. The third-order valence-corrected chi connectivity index (χ3v) is 4.09. The quantitative estimate of drug-likeness (QED) is 0.781. The maximum atomic E-state index is 12.5. The van der Waals surface area contributed by atoms with E-state index < -0.39 is 0 Å². The Morgan fingerprint density at radius 1 is 1.33 bits per heavy atom. The molecule has 2 amide bonds. The van der Waals surface area contributed by atoms with Crippen LogP contribution in [0.4, 0.5) is 0 Å². The van der Waals surface area contributed by atoms with Crippen LogP contribution < -0.4 is 5.73 Å². The molecular weight excluding hydrogens is 270 g/mol. The summed E-state index contributed by atoms with van der Waals surface area (Å²) in [6, 6.07) is 0. The van der Waals surface area contributed by atoms with Crippen molar-refractivity contribution in [2.24, 2.45) is 11.7 Å². The standard InChI is InChI=1S/C14H23N5O2/c1-9-12(10(2)17-16-9)6-13(20)19-5-4-18(3)7-11(8-19)14(15)21/h11H,4-8H2,1-3H3,(H2,15,21)(H,16,17)/t11-/m0/s1. The first-order valence-corrected chi connectivity index (χ1v) is 7.14. The third kappa shape index (κ3) is 3.60. The van der Waals surface area contributed by atoms with Gasteiger partial charge in [0.2, 0.25) is 11.8 Å². The molecule has 2 heterocycles. The van der Waals surface area contributed by atoms with Crippen molar-refractivity contribution in [1.82, 2.24) is 20.0 Å². The van der Waals surface area contributed by atoms with Crippen molar-refractivity contribution in [3.8, 4) is 0 Å². The molecule has 1 aliphatic heterocycles. The fourth-order valence-corrected chi connectivity index (χ4v) is 2.68. The van der Waals surface area contributed by atoms with Crippen LogP contribution in [-0.4, -0.2) is 65.0 Å². The van der Waals surface area contributed by atoms with Crippen LogP contribution in [0.15, 0.2) is 0 Å². The predicted octanol–water partition coefficient (Wildman–Crippen LogP) is -0.555. The molecule has 1 aliphatic rings. The molecule has 7 nitrogen and oxygen atoms in total. The number of carbonyl (C=O) groups is 2. The van der Waals surface area contributed by atoms with Gasteiger partial charge in [-0.15, -0.1) is 0 Å². The molecule has 0 aromatic carbocycles. The SMILES string of the molecule is Cc1n[nH]c(C)c1CC(=O)N1CCN(C)C[C@H](C(N)=O)C1. The molecular formula is C14H23N5O2. The Bertz CT molecular complexity index is 520. The van der Waals surface area contributed by atoms with Crippen molar-refractivity contribution in [1.29, 1.82) is 0 Å². The molecule has 21 heavy (non-hydrogen) atoms. The van der Waals surface area contributed by atoms with Crippen LogP contribution in [0.5, 0.6) is 0 Å². The van der Waals surface area contributed by atoms with E-state index in [4.69, 9.17) is 5.73 Å². The minimum absolute atomic E-state index is 0.0177. The van der Waals surface area contributed by atoms with Crippen LogP contribution in [0.2, 0.25) is 0 Å². The number of nitrogens with zero attached hydrogens (tertiary/aromatic N) is 3. The lowest BCUT2D eigenvalue weighted by molar-refractivity contribution is -0.131. The summed E-state index contributed by atoms with van der Waals surface area (Å²) in [4.78, 5) is 27.8. The Morgan fingerprint density at radius 3 is 2.62 bits per heavy atom. The summed E-state index contributed by atoms with van der Waals surface area (Å²) < 4.78 is 0. The van der Waals surface area contributed by atoms with Crippen molar-refractivity contribution in [3.05, 3.63) is 17.0 Å². The molecule has 2 rings (SSSR count). The molecule has 0 bridgehead atoms. The zero-order valence-corrected chi connectivity index (χ0v) is 12.8. The summed E-state index contributed by atoms with van der Waals surface area (Å²) in [6.45, 7) is 6.16. The fraction of sp³-hybridized carbons (Fsp3) is 0.643. The summed E-state index contributed by atoms with van der Waals surface area (Å²) in [5.74, 6) is -0.644. The third-order valence-electron chi connectivity index (χ3n) is 4.09. The van der Waals surface area contributed by atoms with E-state index in [1.54, 1.807) is 4.90 Å². The molecule has 7 heteroatoms. The fourth-order valence-electron chi connectivity index (χ4n) is 2.68. The first kappa shape index (κ1) is 15.5. The smallest absolute Gasteiger partial charge is 0.227 e. The Kier molecular flexibility index (Phi) is 4.62. The zero-order valence-electron chi connectivity index (χ0n) is 12.8. The second-order valence-corrected chi connectivity index (χ2v) is 5.79. The van der Waals surface area contributed by atoms with Gasteiger partial charge in [-0.25, -0.2) is 0 Å². The Balaban J connectivity index is 2.09. The molecule has 0 spiro atoms. The molecule has 0 saturated carbocycles. The second kappa shape index (κ2) is 6.26. The van der Waals surface area contributed by atoms with E-state index in [-0.39, 0.29) is 17.7 Å². The van der Waals surface area contributed by atoms with Gasteiger partial charge in [-0.3, -0.25) is 14.7 Å². The van der Waals surface area contributed by atoms with Gasteiger partial charge in [-0.1, -0.05) is 0 Å². The maximum Gasteiger partial charge on any atom is 0.227 e. The number of hydrogen-bond donors (Lipinski definition) is 2. The number of carbonyl (C=O) groups excluding carboxylic acids is 2. The number of primary amides is 1. The van der Waals surface area contributed by atoms with Gasteiger partial charge < -0.3 is 15.5 Å².